The van der Waals surface area contributed by atoms with E-state index < -0.39 is 0 Å². The number of benzene rings is 2. The van der Waals surface area contributed by atoms with Crippen molar-refractivity contribution in [3.8, 4) is 0 Å². The van der Waals surface area contributed by atoms with Gasteiger partial charge in [0, 0.05) is 22.6 Å². The summed E-state index contributed by atoms with van der Waals surface area (Å²) >= 11 is 0. The molecule has 0 heterocycles. The number of ketones is 1. The summed E-state index contributed by atoms with van der Waals surface area (Å²) in [6, 6.07) is 16.6. The minimum absolute atomic E-state index is 0.152. The highest BCUT2D eigenvalue weighted by molar-refractivity contribution is 5.96. The average Bonchev–Trinajstić information content (AvgIpc) is 2.54. The highest BCUT2D eigenvalue weighted by Crippen LogP contribution is 2.14. The molecule has 0 atom stereocenters. The molecule has 2 aromatic carbocycles. The third-order valence-electron chi connectivity index (χ3n) is 3.00. The van der Waals surface area contributed by atoms with Crippen molar-refractivity contribution in [3.63, 3.8) is 0 Å². The lowest BCUT2D eigenvalue weighted by atomic mass is 10.1. The van der Waals surface area contributed by atoms with Gasteiger partial charge in [-0.3, -0.25) is 4.79 Å². The van der Waals surface area contributed by atoms with Crippen LogP contribution < -0.4 is 0 Å². The zero-order valence-corrected chi connectivity index (χ0v) is 11.5. The average molecular weight is 277 g/mol. The Kier molecular flexibility index (Phi) is 5.33. The minimum Gasteiger partial charge on any atom is -0.294 e. The number of hydrogen-bond acceptors (Lipinski definition) is 2. The van der Waals surface area contributed by atoms with Crippen molar-refractivity contribution in [3.05, 3.63) is 82.2 Å². The van der Waals surface area contributed by atoms with E-state index in [1.54, 1.807) is 12.1 Å². The number of rotatable bonds is 6. The first kappa shape index (κ1) is 14.6. The normalized spacial score (nSPS) is 10.3. The number of Topliss-reactive ketones (excluding diaryl/α,β-unsaturated/α-hetero) is 1. The quantitative estimate of drug-likeness (QED) is 0.305. The third-order valence-corrected chi connectivity index (χ3v) is 3.00. The van der Waals surface area contributed by atoms with Gasteiger partial charge in [-0.05, 0) is 17.5 Å². The summed E-state index contributed by atoms with van der Waals surface area (Å²) in [7, 11) is 0. The molecule has 0 fully saturated rings. The largest absolute Gasteiger partial charge is 0.294 e. The van der Waals surface area contributed by atoms with E-state index in [1.807, 2.05) is 54.6 Å². The molecule has 0 amide bonds. The molecule has 2 rings (SSSR count). The van der Waals surface area contributed by atoms with E-state index in [2.05, 4.69) is 10.0 Å². The fraction of sp³-hybridized carbons (Fsp3) is 0.118. The molecular weight excluding hydrogens is 262 g/mol. The molecule has 4 heteroatoms. The highest BCUT2D eigenvalue weighted by atomic mass is 16.1. The summed E-state index contributed by atoms with van der Waals surface area (Å²) in [5.74, 6) is 0.152. The Morgan fingerprint density at radius 3 is 2.48 bits per heavy atom. The van der Waals surface area contributed by atoms with Crippen molar-refractivity contribution >= 4 is 17.5 Å². The van der Waals surface area contributed by atoms with Crippen LogP contribution in [0, 0.1) is 0 Å². The predicted molar refractivity (Wildman–Crippen MR) is 84.3 cm³/mol. The Morgan fingerprint density at radius 1 is 1.10 bits per heavy atom. The van der Waals surface area contributed by atoms with Gasteiger partial charge in [0.2, 0.25) is 0 Å². The van der Waals surface area contributed by atoms with Crippen LogP contribution in [0.5, 0.6) is 0 Å². The van der Waals surface area contributed by atoms with Crippen LogP contribution in [0.25, 0.3) is 16.5 Å². The van der Waals surface area contributed by atoms with Gasteiger partial charge in [-0.1, -0.05) is 71.9 Å². The van der Waals surface area contributed by atoms with Gasteiger partial charge in [0.1, 0.15) is 0 Å². The molecule has 0 aliphatic heterocycles. The molecule has 4 nitrogen and oxygen atoms in total. The minimum atomic E-state index is 0.152. The van der Waals surface area contributed by atoms with Crippen molar-refractivity contribution in [2.75, 3.05) is 0 Å². The maximum absolute atomic E-state index is 11.9. The van der Waals surface area contributed by atoms with E-state index in [1.165, 1.54) is 0 Å². The molecule has 0 aromatic heterocycles. The van der Waals surface area contributed by atoms with E-state index in [0.29, 0.717) is 18.5 Å². The van der Waals surface area contributed by atoms with Gasteiger partial charge in [-0.15, -0.1) is 0 Å². The second-order valence-electron chi connectivity index (χ2n) is 4.51. The van der Waals surface area contributed by atoms with Crippen LogP contribution in [-0.4, -0.2) is 5.78 Å². The molecule has 0 saturated carbocycles. The molecule has 0 aliphatic carbocycles. The summed E-state index contributed by atoms with van der Waals surface area (Å²) < 4.78 is 0. The maximum atomic E-state index is 11.9. The molecule has 104 valence electrons. The topological polar surface area (TPSA) is 65.8 Å². The second kappa shape index (κ2) is 7.68. The van der Waals surface area contributed by atoms with Crippen LogP contribution in [0.2, 0.25) is 0 Å². The number of nitrogens with zero attached hydrogens (tertiary/aromatic N) is 3. The van der Waals surface area contributed by atoms with Crippen molar-refractivity contribution < 1.29 is 4.79 Å². The Morgan fingerprint density at radius 2 is 1.81 bits per heavy atom. The van der Waals surface area contributed by atoms with Gasteiger partial charge in [0.25, 0.3) is 0 Å². The standard InChI is InChI=1S/C17H15N3O/c18-20-19-16-12-10-14(11-13-16)6-4-5-9-17(21)15-7-2-1-3-8-15/h1-4,6-8,10-13H,5,9H2. The molecule has 0 N–H and O–H groups in total. The van der Waals surface area contributed by atoms with E-state index >= 15 is 0 Å². The first-order chi connectivity index (χ1) is 10.3. The van der Waals surface area contributed by atoms with Crippen LogP contribution in [0.15, 0.2) is 65.8 Å². The van der Waals surface area contributed by atoms with E-state index in [0.717, 1.165) is 11.1 Å². The summed E-state index contributed by atoms with van der Waals surface area (Å²) in [5.41, 5.74) is 10.7. The summed E-state index contributed by atoms with van der Waals surface area (Å²) in [6.45, 7) is 0. The monoisotopic (exact) mass is 277 g/mol. The highest BCUT2D eigenvalue weighted by Gasteiger charge is 2.02. The molecule has 0 saturated heterocycles. The summed E-state index contributed by atoms with van der Waals surface area (Å²) in [5, 5.41) is 3.51. The molecule has 0 unspecified atom stereocenters. The molecule has 21 heavy (non-hydrogen) atoms. The first-order valence-electron chi connectivity index (χ1n) is 6.69. The van der Waals surface area contributed by atoms with Gasteiger partial charge < -0.3 is 0 Å². The lowest BCUT2D eigenvalue weighted by Gasteiger charge is -1.98. The van der Waals surface area contributed by atoms with Crippen molar-refractivity contribution in [1.82, 2.24) is 0 Å². The van der Waals surface area contributed by atoms with Gasteiger partial charge >= 0.3 is 0 Å². The molecule has 0 bridgehead atoms. The number of hydrogen-bond donors (Lipinski definition) is 0. The van der Waals surface area contributed by atoms with Crippen LogP contribution >= 0.6 is 0 Å². The SMILES string of the molecule is [N-]=[N+]=Nc1ccc(C=CCCC(=O)c2ccccc2)cc1. The summed E-state index contributed by atoms with van der Waals surface area (Å²) in [6.07, 6.45) is 5.13. The van der Waals surface area contributed by atoms with Crippen LogP contribution in [-0.2, 0) is 0 Å². The van der Waals surface area contributed by atoms with E-state index in [-0.39, 0.29) is 5.78 Å². The van der Waals surface area contributed by atoms with Gasteiger partial charge in [-0.2, -0.15) is 0 Å². The lowest BCUT2D eigenvalue weighted by molar-refractivity contribution is 0.0984. The number of azide groups is 1. The van der Waals surface area contributed by atoms with Crippen molar-refractivity contribution in [1.29, 1.82) is 0 Å². The molecule has 0 radical (unpaired) electrons. The van der Waals surface area contributed by atoms with Gasteiger partial charge in [0.15, 0.2) is 5.78 Å². The Bertz CT molecular complexity index is 669. The van der Waals surface area contributed by atoms with E-state index in [9.17, 15) is 4.79 Å². The second-order valence-corrected chi connectivity index (χ2v) is 4.51. The zero-order valence-electron chi connectivity index (χ0n) is 11.5. The van der Waals surface area contributed by atoms with Gasteiger partial charge in [-0.25, -0.2) is 0 Å². The van der Waals surface area contributed by atoms with Gasteiger partial charge in [0.05, 0.1) is 0 Å². The van der Waals surface area contributed by atoms with Crippen molar-refractivity contribution in [2.45, 2.75) is 12.8 Å². The van der Waals surface area contributed by atoms with Crippen molar-refractivity contribution in [2.24, 2.45) is 5.11 Å². The molecule has 0 spiro atoms. The lowest BCUT2D eigenvalue weighted by Crippen LogP contribution is -1.97. The Balaban J connectivity index is 1.85. The number of carbonyl (C=O) groups excluding carboxylic acids is 1. The van der Waals surface area contributed by atoms with Crippen LogP contribution in [0.1, 0.15) is 28.8 Å². The molecule has 0 aliphatic rings. The number of allylic oxidation sites excluding steroid dienone is 1. The van der Waals surface area contributed by atoms with Crippen LogP contribution in [0.3, 0.4) is 0 Å². The predicted octanol–water partition coefficient (Wildman–Crippen LogP) is 5.30. The molecule has 2 aromatic rings. The molecular formula is C17H15N3O. The Labute approximate surface area is 123 Å². The van der Waals surface area contributed by atoms with Crippen LogP contribution in [0.4, 0.5) is 5.69 Å². The summed E-state index contributed by atoms with van der Waals surface area (Å²) in [4.78, 5) is 14.6. The number of carbonyl (C=O) groups is 1. The smallest absolute Gasteiger partial charge is 0.163 e. The van der Waals surface area contributed by atoms with E-state index in [4.69, 9.17) is 5.53 Å². The maximum Gasteiger partial charge on any atom is 0.163 e. The fourth-order valence-electron chi connectivity index (χ4n) is 1.91. The third kappa shape index (κ3) is 4.64. The first-order valence-corrected chi connectivity index (χ1v) is 6.69. The fourth-order valence-corrected chi connectivity index (χ4v) is 1.91. The zero-order chi connectivity index (χ0) is 14.9. The Hall–Kier alpha value is -2.84.